The van der Waals surface area contributed by atoms with Crippen LogP contribution < -0.4 is 0 Å². The zero-order valence-electron chi connectivity index (χ0n) is 75.7. The number of rotatable bonds is 4. The minimum absolute atomic E-state index is 0.255. The zero-order chi connectivity index (χ0) is 89.8. The predicted molar refractivity (Wildman–Crippen MR) is 580 cm³/mol. The maximum absolute atomic E-state index is 2.53. The number of hydrogen-bond donors (Lipinski definition) is 0. The molecule has 4 aromatic heterocycles. The molecule has 4 unspecified atom stereocenters. The molecule has 136 heavy (non-hydrogen) atoms. The van der Waals surface area contributed by atoms with E-state index in [1.807, 2.05) is 45.3 Å². The minimum Gasteiger partial charge on any atom is -0.135 e. The van der Waals surface area contributed by atoms with E-state index in [0.29, 0.717) is 0 Å². The summed E-state index contributed by atoms with van der Waals surface area (Å²) in [7, 11) is 0. The van der Waals surface area contributed by atoms with Crippen molar-refractivity contribution in [2.24, 2.45) is 0 Å². The van der Waals surface area contributed by atoms with Crippen molar-refractivity contribution >= 4 is 126 Å². The molecule has 0 N–H and O–H groups in total. The maximum Gasteiger partial charge on any atom is 0.0728 e. The molecule has 0 saturated heterocycles. The van der Waals surface area contributed by atoms with Crippen LogP contribution in [0.25, 0.3) is 170 Å². The monoisotopic (exact) mass is 1800 g/mol. The number of benzene rings is 20. The van der Waals surface area contributed by atoms with E-state index in [-0.39, 0.29) is 21.7 Å². The van der Waals surface area contributed by atoms with Gasteiger partial charge in [-0.1, -0.05) is 386 Å². The molecule has 24 aromatic rings. The molecule has 32 rings (SSSR count). The lowest BCUT2D eigenvalue weighted by Crippen LogP contribution is -2.27. The van der Waals surface area contributed by atoms with Gasteiger partial charge in [0.1, 0.15) is 0 Å². The highest BCUT2D eigenvalue weighted by Gasteiger charge is 2.58. The van der Waals surface area contributed by atoms with Gasteiger partial charge in [-0.05, 0) is 275 Å². The predicted octanol–water partition coefficient (Wildman–Crippen LogP) is 35.8. The molecule has 4 spiro atoms. The minimum atomic E-state index is -0.262. The molecule has 0 radical (unpaired) electrons. The summed E-state index contributed by atoms with van der Waals surface area (Å²) in [5.74, 6) is 0. The molecule has 4 heterocycles. The molecule has 0 nitrogen and oxygen atoms in total. The van der Waals surface area contributed by atoms with E-state index < -0.39 is 0 Å². The van der Waals surface area contributed by atoms with Crippen molar-refractivity contribution in [2.45, 2.75) is 75.0 Å². The Morgan fingerprint density at radius 1 is 0.162 bits per heavy atom. The van der Waals surface area contributed by atoms with Gasteiger partial charge in [-0.15, -0.1) is 45.3 Å². The lowest BCUT2D eigenvalue weighted by molar-refractivity contribution is 0.779. The second-order valence-corrected chi connectivity index (χ2v) is 42.3. The summed E-state index contributed by atoms with van der Waals surface area (Å²) in [5.41, 5.74) is 50.2. The van der Waals surface area contributed by atoms with Crippen molar-refractivity contribution in [2.75, 3.05) is 0 Å². The summed E-state index contributed by atoms with van der Waals surface area (Å²) in [6.45, 7) is 9.18. The first kappa shape index (κ1) is 78.7. The van der Waals surface area contributed by atoms with Gasteiger partial charge >= 0.3 is 0 Å². The van der Waals surface area contributed by atoms with Crippen LogP contribution in [0.15, 0.2) is 413 Å². The normalized spacial score (nSPS) is 17.2. The summed E-state index contributed by atoms with van der Waals surface area (Å²) >= 11 is 7.69. The van der Waals surface area contributed by atoms with Gasteiger partial charge in [0.15, 0.2) is 0 Å². The molecule has 4 heteroatoms. The van der Waals surface area contributed by atoms with Crippen molar-refractivity contribution in [1.29, 1.82) is 0 Å². The van der Waals surface area contributed by atoms with Crippen LogP contribution in [0.3, 0.4) is 0 Å². The molecule has 0 amide bonds. The average molecular weight is 1800 g/mol. The Bertz CT molecular complexity index is 9130. The third-order valence-corrected chi connectivity index (χ3v) is 36.9. The third-order valence-electron chi connectivity index (χ3n) is 32.3. The van der Waals surface area contributed by atoms with Gasteiger partial charge in [0.2, 0.25) is 0 Å². The van der Waals surface area contributed by atoms with Crippen molar-refractivity contribution in [3.05, 3.63) is 524 Å². The van der Waals surface area contributed by atoms with E-state index in [2.05, 4.69) is 440 Å². The summed E-state index contributed by atoms with van der Waals surface area (Å²) < 4.78 is 11.0. The molecular weight excluding hydrogens is 1710 g/mol. The Hall–Kier alpha value is -14.7. The first-order valence-electron chi connectivity index (χ1n) is 48.4. The van der Waals surface area contributed by atoms with Gasteiger partial charge in [0.25, 0.3) is 0 Å². The molecule has 8 aliphatic carbocycles. The Morgan fingerprint density at radius 3 is 0.860 bits per heavy atom. The zero-order valence-corrected chi connectivity index (χ0v) is 79.0. The maximum atomic E-state index is 2.53. The van der Waals surface area contributed by atoms with Crippen LogP contribution in [-0.2, 0) is 47.3 Å². The third kappa shape index (κ3) is 10.1. The second-order valence-electron chi connectivity index (χ2n) is 38.0. The van der Waals surface area contributed by atoms with Crippen LogP contribution in [0.5, 0.6) is 0 Å². The molecule has 0 bridgehead atoms. The van der Waals surface area contributed by atoms with E-state index >= 15 is 0 Å². The summed E-state index contributed by atoms with van der Waals surface area (Å²) in [5, 5.41) is 11.0. The van der Waals surface area contributed by atoms with Crippen molar-refractivity contribution in [3.63, 3.8) is 0 Å². The molecule has 640 valence electrons. The van der Waals surface area contributed by atoms with E-state index in [1.54, 1.807) is 0 Å². The van der Waals surface area contributed by atoms with Crippen molar-refractivity contribution < 1.29 is 0 Å². The van der Waals surface area contributed by atoms with Crippen molar-refractivity contribution in [3.8, 4) is 89.0 Å². The number of fused-ring (bicyclic) bond motifs is 54. The van der Waals surface area contributed by atoms with Gasteiger partial charge < -0.3 is 0 Å². The van der Waals surface area contributed by atoms with Crippen LogP contribution >= 0.6 is 45.3 Å². The van der Waals surface area contributed by atoms with Crippen LogP contribution in [0.1, 0.15) is 139 Å². The fraction of sp³-hybridized carbons (Fsp3) is 0.0909. The van der Waals surface area contributed by atoms with Gasteiger partial charge in [0.05, 0.1) is 21.7 Å². The lowest BCUT2D eigenvalue weighted by atomic mass is 9.69. The standard InChI is InChI=1S/4C33H22S/c1-2-20-10-9-14-23-21-11-3-6-15-26(21)33(31(20)23)27-16-7-4-13-25(27)30-28(33)19-18-24-22-12-5-8-17-29(22)34-32(24)30;1-2-20-10-9-14-24-21-11-3-6-15-27(21)33(32(20)24)28-16-7-4-12-22(28)25-19-31-26(18-29(25)33)23-13-5-8-17-30(23)34-31;1-2-20-10-9-14-24-21-11-3-6-15-27(21)33(32(20)24)28-16-7-4-12-22(28)25-18-26-23-13-5-8-17-30(23)34-31(26)19-29(25)33;1-2-20-10-9-14-22-21-11-3-6-15-25(21)33(32(20)22)26-16-7-4-12-23(26)30-27(33)18-19-29-31(30)24-13-5-8-17-28(24)34-29/h4*3-19H,2H2,1H3. The fourth-order valence-corrected chi connectivity index (χ4v) is 32.0. The molecule has 0 aliphatic heterocycles. The molecular formula is C132H88S4. The second kappa shape index (κ2) is 29.4. The highest BCUT2D eigenvalue weighted by Crippen LogP contribution is 2.71. The lowest BCUT2D eigenvalue weighted by Gasteiger charge is -2.32. The smallest absolute Gasteiger partial charge is 0.0728 e. The topological polar surface area (TPSA) is 0 Å². The van der Waals surface area contributed by atoms with E-state index in [9.17, 15) is 0 Å². The number of aryl methyl sites for hydroxylation is 4. The Kier molecular flexibility index (Phi) is 17.0. The van der Waals surface area contributed by atoms with Gasteiger partial charge in [-0.25, -0.2) is 0 Å². The number of thiophene rings is 4. The SMILES string of the molecule is CCc1cccc2c1C1(c3ccccc3-2)c2ccccc2-c2c1ccc1c2sc2ccccc21.CCc1cccc2c1C1(c3ccccc3-2)c2ccccc2-c2c1ccc1sc3ccccc3c21.CCc1cccc2c1C1(c3ccccc3-c3cc4c(cc31)sc1ccccc14)c1ccccc1-2.CCc1cccc2c1C1(c3ccccc3-c3cc4sc5ccccc5c4cc31)c1ccccc1-2. The molecule has 0 saturated carbocycles. The largest absolute Gasteiger partial charge is 0.135 e. The summed E-state index contributed by atoms with van der Waals surface area (Å²) in [6.07, 6.45) is 4.11. The summed E-state index contributed by atoms with van der Waals surface area (Å²) in [4.78, 5) is 0. The quantitative estimate of drug-likeness (QED) is 0.165. The van der Waals surface area contributed by atoms with E-state index in [0.717, 1.165) is 25.7 Å². The first-order valence-corrected chi connectivity index (χ1v) is 51.7. The van der Waals surface area contributed by atoms with Gasteiger partial charge in [0, 0.05) is 86.3 Å². The van der Waals surface area contributed by atoms with Gasteiger partial charge in [-0.2, -0.15) is 0 Å². The van der Waals surface area contributed by atoms with Crippen LogP contribution in [-0.4, -0.2) is 0 Å². The molecule has 4 atom stereocenters. The Morgan fingerprint density at radius 2 is 0.441 bits per heavy atom. The number of hydrogen-bond acceptors (Lipinski definition) is 4. The van der Waals surface area contributed by atoms with E-state index in [1.165, 1.54) is 281 Å². The van der Waals surface area contributed by atoms with Crippen molar-refractivity contribution in [1.82, 2.24) is 0 Å². The Labute approximate surface area is 807 Å². The Balaban J connectivity index is 0.0000000879. The first-order chi connectivity index (χ1) is 67.3. The molecule has 8 aliphatic rings. The summed E-state index contributed by atoms with van der Waals surface area (Å²) in [6, 6.07) is 156. The van der Waals surface area contributed by atoms with Gasteiger partial charge in [-0.3, -0.25) is 0 Å². The van der Waals surface area contributed by atoms with Crippen LogP contribution in [0, 0.1) is 0 Å². The van der Waals surface area contributed by atoms with E-state index in [4.69, 9.17) is 0 Å². The van der Waals surface area contributed by atoms with Crippen LogP contribution in [0.2, 0.25) is 0 Å². The highest BCUT2D eigenvalue weighted by molar-refractivity contribution is 7.27. The fourth-order valence-electron chi connectivity index (χ4n) is 27.3. The van der Waals surface area contributed by atoms with Crippen LogP contribution in [0.4, 0.5) is 0 Å². The highest BCUT2D eigenvalue weighted by atomic mass is 32.1. The molecule has 0 fully saturated rings. The average Bonchev–Trinajstić information content (AvgIpc) is 1.51. The molecule has 20 aromatic carbocycles.